The van der Waals surface area contributed by atoms with Crippen molar-refractivity contribution in [1.29, 1.82) is 0 Å². The molecule has 0 aliphatic carbocycles. The Morgan fingerprint density at radius 1 is 1.24 bits per heavy atom. The smallest absolute Gasteiger partial charge is 0.269 e. The molecule has 0 bridgehead atoms. The van der Waals surface area contributed by atoms with E-state index in [1.54, 1.807) is 13.8 Å². The Kier molecular flexibility index (Phi) is 7.21. The van der Waals surface area contributed by atoms with Crippen molar-refractivity contribution in [3.05, 3.63) is 37.6 Å². The van der Waals surface area contributed by atoms with E-state index in [1.807, 2.05) is 0 Å². The molecule has 0 amide bonds. The maximum absolute atomic E-state index is 12.5. The predicted molar refractivity (Wildman–Crippen MR) is 108 cm³/mol. The summed E-state index contributed by atoms with van der Waals surface area (Å²) in [5.74, 6) is -0.735. The van der Waals surface area contributed by atoms with Crippen LogP contribution >= 0.6 is 11.6 Å². The van der Waals surface area contributed by atoms with E-state index in [1.165, 1.54) is 12.1 Å². The molecular weight excluding hydrogens is 428 g/mol. The van der Waals surface area contributed by atoms with E-state index >= 15 is 0 Å². The van der Waals surface area contributed by atoms with Gasteiger partial charge in [0.2, 0.25) is 0 Å². The van der Waals surface area contributed by atoms with E-state index in [-0.39, 0.29) is 22.1 Å². The number of halogens is 1. The molecular formula is C16H21ClN4O7S. The van der Waals surface area contributed by atoms with E-state index in [0.29, 0.717) is 11.1 Å². The van der Waals surface area contributed by atoms with Gasteiger partial charge in [0.05, 0.1) is 30.6 Å². The summed E-state index contributed by atoms with van der Waals surface area (Å²) in [6.45, 7) is 3.80. The first-order valence-corrected chi connectivity index (χ1v) is 10.2. The van der Waals surface area contributed by atoms with Crippen LogP contribution in [0.25, 0.3) is 0 Å². The van der Waals surface area contributed by atoms with Crippen LogP contribution < -0.4 is 27.0 Å². The summed E-state index contributed by atoms with van der Waals surface area (Å²) in [4.78, 5) is 32.9. The fourth-order valence-corrected chi connectivity index (χ4v) is 3.92. The first-order valence-electron chi connectivity index (χ1n) is 8.34. The molecule has 0 aliphatic heterocycles. The van der Waals surface area contributed by atoms with E-state index in [2.05, 4.69) is 21.0 Å². The molecule has 0 spiro atoms. The molecule has 1 atom stereocenters. The first-order chi connectivity index (χ1) is 13.6. The van der Waals surface area contributed by atoms with Crippen molar-refractivity contribution in [3.63, 3.8) is 0 Å². The first kappa shape index (κ1) is 23.1. The van der Waals surface area contributed by atoms with Gasteiger partial charge in [-0.3, -0.25) is 14.4 Å². The van der Waals surface area contributed by atoms with Crippen molar-refractivity contribution in [2.24, 2.45) is 0 Å². The lowest BCUT2D eigenvalue weighted by Crippen LogP contribution is -2.42. The molecule has 4 N–H and O–H groups in total. The van der Waals surface area contributed by atoms with Crippen molar-refractivity contribution in [3.8, 4) is 5.75 Å². The third-order valence-corrected chi connectivity index (χ3v) is 6.05. The summed E-state index contributed by atoms with van der Waals surface area (Å²) in [6.07, 6.45) is -0.510. The van der Waals surface area contributed by atoms with Crippen molar-refractivity contribution >= 4 is 38.7 Å². The number of hydroxylamine groups is 2. The van der Waals surface area contributed by atoms with Gasteiger partial charge in [0, 0.05) is 7.05 Å². The van der Waals surface area contributed by atoms with Crippen LogP contribution in [0, 0.1) is 0 Å². The molecule has 11 nitrogen and oxygen atoms in total. The van der Waals surface area contributed by atoms with Crippen molar-refractivity contribution in [2.45, 2.75) is 24.9 Å². The number of phenolic OH excluding ortho intramolecular Hbond substituents is 1. The molecule has 2 rings (SSSR count). The molecule has 29 heavy (non-hydrogen) atoms. The van der Waals surface area contributed by atoms with Gasteiger partial charge in [0.15, 0.2) is 5.75 Å². The van der Waals surface area contributed by atoms with Crippen LogP contribution in [0.15, 0.2) is 26.6 Å². The molecule has 2 aromatic rings. The fraction of sp³-hybridized carbons (Fsp3) is 0.375. The molecule has 0 saturated carbocycles. The van der Waals surface area contributed by atoms with Crippen LogP contribution in [-0.2, 0) is 19.7 Å². The lowest BCUT2D eigenvalue weighted by atomic mass is 10.1. The number of hydrogen-bond donors (Lipinski definition) is 4. The van der Waals surface area contributed by atoms with Gasteiger partial charge in [-0.1, -0.05) is 16.1 Å². The highest BCUT2D eigenvalue weighted by Gasteiger charge is 2.30. The number of phenols is 1. The molecule has 0 fully saturated rings. The Morgan fingerprint density at radius 3 is 2.45 bits per heavy atom. The van der Waals surface area contributed by atoms with Gasteiger partial charge in [0.1, 0.15) is 16.3 Å². The van der Waals surface area contributed by atoms with Crippen LogP contribution in [-0.4, -0.2) is 44.9 Å². The average Bonchev–Trinajstić information content (AvgIpc) is 2.69. The monoisotopic (exact) mass is 448 g/mol. The minimum atomic E-state index is -4.29. The minimum Gasteiger partial charge on any atom is -0.504 e. The van der Waals surface area contributed by atoms with Crippen LogP contribution in [0.5, 0.6) is 5.75 Å². The van der Waals surface area contributed by atoms with E-state index in [4.69, 9.17) is 16.4 Å². The number of benzene rings is 1. The molecule has 0 aromatic heterocycles. The number of nitrogens with zero attached hydrogens (tertiary/aromatic N) is 1. The summed E-state index contributed by atoms with van der Waals surface area (Å²) in [5, 5.41) is 15.6. The van der Waals surface area contributed by atoms with E-state index < -0.39 is 37.7 Å². The summed E-state index contributed by atoms with van der Waals surface area (Å²) in [5.41, 5.74) is 0.703. The molecule has 0 aliphatic rings. The molecule has 13 heteroatoms. The quantitative estimate of drug-likeness (QED) is 0.178. The lowest BCUT2D eigenvalue weighted by molar-refractivity contribution is -0.0259. The number of aromatic hydroxyl groups is 1. The van der Waals surface area contributed by atoms with Gasteiger partial charge in [-0.25, -0.2) is 8.42 Å². The molecule has 0 heterocycles. The zero-order valence-electron chi connectivity index (χ0n) is 16.1. The SMILES string of the molecule is CCONC(C)Nc1c(Nc2ccc(Cl)c(S(=O)(=O)N(C)OC)c2O)c(=O)c1=O. The second-order valence-electron chi connectivity index (χ2n) is 5.82. The highest BCUT2D eigenvalue weighted by molar-refractivity contribution is 7.89. The van der Waals surface area contributed by atoms with Crippen molar-refractivity contribution in [2.75, 3.05) is 31.4 Å². The molecule has 0 radical (unpaired) electrons. The van der Waals surface area contributed by atoms with E-state index in [9.17, 15) is 23.1 Å². The van der Waals surface area contributed by atoms with Gasteiger partial charge < -0.3 is 20.6 Å². The van der Waals surface area contributed by atoms with Gasteiger partial charge in [-0.15, -0.1) is 0 Å². The summed E-state index contributed by atoms with van der Waals surface area (Å²) >= 11 is 5.95. The third kappa shape index (κ3) is 4.52. The van der Waals surface area contributed by atoms with Gasteiger partial charge >= 0.3 is 0 Å². The third-order valence-electron chi connectivity index (χ3n) is 3.87. The van der Waals surface area contributed by atoms with Crippen LogP contribution in [0.1, 0.15) is 13.8 Å². The molecule has 2 aromatic carbocycles. The fourth-order valence-electron chi connectivity index (χ4n) is 2.36. The van der Waals surface area contributed by atoms with Gasteiger partial charge in [0.25, 0.3) is 20.9 Å². The standard InChI is InChI=1S/C16H21ClN4O7S/c1-5-28-20-8(2)18-11-12(15(24)14(11)23)19-10-7-6-9(17)16(13(10)22)29(25,26)21(3)27-4/h6-8,18-20,22H,5H2,1-4H3. The Balaban J connectivity index is 2.40. The van der Waals surface area contributed by atoms with E-state index in [0.717, 1.165) is 14.2 Å². The maximum atomic E-state index is 12.5. The largest absolute Gasteiger partial charge is 0.504 e. The van der Waals surface area contributed by atoms with Crippen LogP contribution in [0.3, 0.4) is 0 Å². The maximum Gasteiger partial charge on any atom is 0.269 e. The number of anilines is 3. The van der Waals surface area contributed by atoms with Crippen molar-refractivity contribution < 1.29 is 23.2 Å². The zero-order chi connectivity index (χ0) is 21.9. The Hall–Kier alpha value is -2.22. The highest BCUT2D eigenvalue weighted by Crippen LogP contribution is 2.39. The summed E-state index contributed by atoms with van der Waals surface area (Å²) in [6, 6.07) is 2.49. The number of rotatable bonds is 10. The summed E-state index contributed by atoms with van der Waals surface area (Å²) in [7, 11) is -2.04. The number of nitrogens with one attached hydrogen (secondary N) is 3. The Morgan fingerprint density at radius 2 is 1.86 bits per heavy atom. The zero-order valence-corrected chi connectivity index (χ0v) is 17.6. The predicted octanol–water partition coefficient (Wildman–Crippen LogP) is 0.866. The molecule has 1 unspecified atom stereocenters. The average molecular weight is 449 g/mol. The topological polar surface area (TPSA) is 146 Å². The van der Waals surface area contributed by atoms with Gasteiger partial charge in [-0.05, 0) is 26.0 Å². The normalized spacial score (nSPS) is 13.0. The lowest BCUT2D eigenvalue weighted by Gasteiger charge is -2.21. The molecule has 160 valence electrons. The minimum absolute atomic E-state index is 0.0394. The second kappa shape index (κ2) is 9.07. The highest BCUT2D eigenvalue weighted by atomic mass is 35.5. The second-order valence-corrected chi connectivity index (χ2v) is 8.10. The van der Waals surface area contributed by atoms with Crippen molar-refractivity contribution in [1.82, 2.24) is 9.95 Å². The Bertz CT molecular complexity index is 1070. The van der Waals surface area contributed by atoms with Crippen LogP contribution in [0.4, 0.5) is 17.1 Å². The number of hydrogen-bond acceptors (Lipinski definition) is 10. The van der Waals surface area contributed by atoms with Gasteiger partial charge in [-0.2, -0.15) is 5.48 Å². The molecule has 0 saturated heterocycles. The Labute approximate surface area is 171 Å². The number of sulfonamides is 1. The summed E-state index contributed by atoms with van der Waals surface area (Å²) < 4.78 is 25.5. The van der Waals surface area contributed by atoms with Crippen LogP contribution in [0.2, 0.25) is 5.02 Å².